The molecule has 0 spiro atoms. The van der Waals surface area contributed by atoms with Crippen molar-refractivity contribution in [3.05, 3.63) is 48.0 Å². The van der Waals surface area contributed by atoms with Gasteiger partial charge in [-0.3, -0.25) is 0 Å². The Hall–Kier alpha value is -2.75. The lowest BCUT2D eigenvalue weighted by Gasteiger charge is -2.08. The Morgan fingerprint density at radius 1 is 1.00 bits per heavy atom. The van der Waals surface area contributed by atoms with Crippen molar-refractivity contribution in [2.24, 2.45) is 0 Å². The molecule has 0 aliphatic carbocycles. The summed E-state index contributed by atoms with van der Waals surface area (Å²) in [5, 5.41) is 1.08. The van der Waals surface area contributed by atoms with E-state index in [-0.39, 0.29) is 6.79 Å². The van der Waals surface area contributed by atoms with E-state index < -0.39 is 0 Å². The largest absolute Gasteiger partial charge is 0.497 e. The number of hydrogen-bond donors (Lipinski definition) is 0. The Bertz CT molecular complexity index is 856. The van der Waals surface area contributed by atoms with Crippen molar-refractivity contribution in [3.63, 3.8) is 0 Å². The maximum absolute atomic E-state index is 5.44. The molecule has 0 atom stereocenters. The number of methoxy groups -OCH3 is 1. The lowest BCUT2D eigenvalue weighted by Crippen LogP contribution is -1.92. The molecule has 0 N–H and O–H groups in total. The molecule has 0 saturated heterocycles. The molecule has 22 heavy (non-hydrogen) atoms. The lowest BCUT2D eigenvalue weighted by atomic mass is 10.0. The van der Waals surface area contributed by atoms with E-state index in [1.165, 1.54) is 0 Å². The average Bonchev–Trinajstić information content (AvgIpc) is 3.00. The zero-order valence-corrected chi connectivity index (χ0v) is 12.4. The van der Waals surface area contributed by atoms with Crippen LogP contribution in [0.5, 0.6) is 17.2 Å². The van der Waals surface area contributed by atoms with Crippen molar-refractivity contribution >= 4 is 10.9 Å². The smallest absolute Gasteiger partial charge is 0.231 e. The number of aryl methyl sites for hydroxylation is 1. The van der Waals surface area contributed by atoms with Gasteiger partial charge >= 0.3 is 0 Å². The number of nitrogens with zero attached hydrogens (tertiary/aromatic N) is 1. The van der Waals surface area contributed by atoms with E-state index in [2.05, 4.69) is 13.0 Å². The van der Waals surface area contributed by atoms with E-state index in [1.54, 1.807) is 7.11 Å². The number of ether oxygens (including phenoxy) is 3. The number of rotatable bonds is 2. The van der Waals surface area contributed by atoms with E-state index >= 15 is 0 Å². The van der Waals surface area contributed by atoms with Crippen LogP contribution in [0.3, 0.4) is 0 Å². The second kappa shape index (κ2) is 4.91. The fraction of sp³-hybridized carbons (Fsp3) is 0.167. The standard InChI is InChI=1S/C18H15NO3/c1-11-7-15(12-3-5-13(20-2)6-4-12)19-16-9-18-17(8-14(11)16)21-10-22-18/h3-9H,10H2,1-2H3. The van der Waals surface area contributed by atoms with Gasteiger partial charge in [0.15, 0.2) is 11.5 Å². The third kappa shape index (κ3) is 2.04. The monoisotopic (exact) mass is 293 g/mol. The maximum atomic E-state index is 5.44. The molecule has 1 aliphatic heterocycles. The van der Waals surface area contributed by atoms with Crippen LogP contribution in [0.2, 0.25) is 0 Å². The normalized spacial score (nSPS) is 12.6. The van der Waals surface area contributed by atoms with E-state index in [9.17, 15) is 0 Å². The summed E-state index contributed by atoms with van der Waals surface area (Å²) in [6.45, 7) is 2.36. The summed E-state index contributed by atoms with van der Waals surface area (Å²) in [7, 11) is 1.66. The van der Waals surface area contributed by atoms with Crippen LogP contribution in [0.15, 0.2) is 42.5 Å². The molecule has 2 aromatic carbocycles. The molecule has 0 radical (unpaired) electrons. The first-order valence-electron chi connectivity index (χ1n) is 7.10. The van der Waals surface area contributed by atoms with Crippen LogP contribution in [0.4, 0.5) is 0 Å². The average molecular weight is 293 g/mol. The number of pyridine rings is 1. The van der Waals surface area contributed by atoms with Crippen LogP contribution in [0.1, 0.15) is 5.56 Å². The quantitative estimate of drug-likeness (QED) is 0.717. The summed E-state index contributed by atoms with van der Waals surface area (Å²) in [5.74, 6) is 2.38. The fourth-order valence-corrected chi connectivity index (χ4v) is 2.69. The van der Waals surface area contributed by atoms with Crippen LogP contribution in [-0.4, -0.2) is 18.9 Å². The predicted octanol–water partition coefficient (Wildman–Crippen LogP) is 3.95. The van der Waals surface area contributed by atoms with Crippen molar-refractivity contribution < 1.29 is 14.2 Å². The molecule has 3 aromatic rings. The van der Waals surface area contributed by atoms with Gasteiger partial charge in [-0.1, -0.05) is 0 Å². The van der Waals surface area contributed by atoms with Gasteiger partial charge in [-0.2, -0.15) is 0 Å². The van der Waals surface area contributed by atoms with Crippen molar-refractivity contribution in [2.45, 2.75) is 6.92 Å². The first-order valence-corrected chi connectivity index (χ1v) is 7.10. The molecule has 1 aliphatic rings. The predicted molar refractivity (Wildman–Crippen MR) is 84.6 cm³/mol. The van der Waals surface area contributed by atoms with Crippen LogP contribution in [0, 0.1) is 6.92 Å². The SMILES string of the molecule is COc1ccc(-c2cc(C)c3cc4c(cc3n2)OCO4)cc1. The highest BCUT2D eigenvalue weighted by Gasteiger charge is 2.16. The van der Waals surface area contributed by atoms with Gasteiger partial charge in [0.2, 0.25) is 6.79 Å². The van der Waals surface area contributed by atoms with Gasteiger partial charge in [-0.05, 0) is 48.9 Å². The third-order valence-electron chi connectivity index (χ3n) is 3.90. The zero-order chi connectivity index (χ0) is 15.1. The van der Waals surface area contributed by atoms with Gasteiger partial charge < -0.3 is 14.2 Å². The minimum absolute atomic E-state index is 0.274. The summed E-state index contributed by atoms with van der Waals surface area (Å²) in [5.41, 5.74) is 4.07. The summed E-state index contributed by atoms with van der Waals surface area (Å²) in [4.78, 5) is 4.76. The second-order valence-corrected chi connectivity index (χ2v) is 5.28. The lowest BCUT2D eigenvalue weighted by molar-refractivity contribution is 0.174. The molecular weight excluding hydrogens is 278 g/mol. The van der Waals surface area contributed by atoms with Crippen LogP contribution < -0.4 is 14.2 Å². The summed E-state index contributed by atoms with van der Waals surface area (Å²) in [6.07, 6.45) is 0. The Balaban J connectivity index is 1.86. The van der Waals surface area contributed by atoms with E-state index in [1.807, 2.05) is 36.4 Å². The zero-order valence-electron chi connectivity index (χ0n) is 12.4. The molecule has 4 heteroatoms. The van der Waals surface area contributed by atoms with Crippen LogP contribution in [0.25, 0.3) is 22.2 Å². The molecule has 4 rings (SSSR count). The molecule has 0 unspecified atom stereocenters. The summed E-state index contributed by atoms with van der Waals surface area (Å²) >= 11 is 0. The van der Waals surface area contributed by atoms with Crippen LogP contribution >= 0.6 is 0 Å². The summed E-state index contributed by atoms with van der Waals surface area (Å²) in [6, 6.07) is 13.9. The van der Waals surface area contributed by atoms with Gasteiger partial charge in [0.1, 0.15) is 5.75 Å². The Morgan fingerprint density at radius 3 is 2.45 bits per heavy atom. The van der Waals surface area contributed by atoms with Crippen molar-refractivity contribution in [2.75, 3.05) is 13.9 Å². The third-order valence-corrected chi connectivity index (χ3v) is 3.90. The van der Waals surface area contributed by atoms with E-state index in [4.69, 9.17) is 19.2 Å². The van der Waals surface area contributed by atoms with Gasteiger partial charge in [-0.15, -0.1) is 0 Å². The number of benzene rings is 2. The Labute approximate surface area is 128 Å². The van der Waals surface area contributed by atoms with E-state index in [0.717, 1.165) is 45.0 Å². The molecule has 0 bridgehead atoms. The van der Waals surface area contributed by atoms with E-state index in [0.29, 0.717) is 0 Å². The molecule has 0 saturated carbocycles. The number of hydrogen-bond acceptors (Lipinski definition) is 4. The first-order chi connectivity index (χ1) is 10.7. The molecule has 0 amide bonds. The second-order valence-electron chi connectivity index (χ2n) is 5.28. The summed E-state index contributed by atoms with van der Waals surface area (Å²) < 4.78 is 16.1. The molecule has 110 valence electrons. The highest BCUT2D eigenvalue weighted by Crippen LogP contribution is 2.37. The van der Waals surface area contributed by atoms with Crippen molar-refractivity contribution in [3.8, 4) is 28.5 Å². The van der Waals surface area contributed by atoms with Crippen molar-refractivity contribution in [1.82, 2.24) is 4.98 Å². The van der Waals surface area contributed by atoms with Gasteiger partial charge in [0.25, 0.3) is 0 Å². The topological polar surface area (TPSA) is 40.6 Å². The highest BCUT2D eigenvalue weighted by molar-refractivity contribution is 5.88. The van der Waals surface area contributed by atoms with Gasteiger partial charge in [0.05, 0.1) is 18.3 Å². The molecule has 4 nitrogen and oxygen atoms in total. The minimum Gasteiger partial charge on any atom is -0.497 e. The molecular formula is C18H15NO3. The van der Waals surface area contributed by atoms with Gasteiger partial charge in [-0.25, -0.2) is 4.98 Å². The Morgan fingerprint density at radius 2 is 1.73 bits per heavy atom. The molecule has 1 aromatic heterocycles. The Kier molecular flexibility index (Phi) is 2.89. The first kappa shape index (κ1) is 13.0. The van der Waals surface area contributed by atoms with Gasteiger partial charge in [0, 0.05) is 17.0 Å². The number of fused-ring (bicyclic) bond motifs is 2. The molecule has 2 heterocycles. The van der Waals surface area contributed by atoms with Crippen LogP contribution in [-0.2, 0) is 0 Å². The number of aromatic nitrogens is 1. The molecule has 0 fully saturated rings. The highest BCUT2D eigenvalue weighted by atomic mass is 16.7. The maximum Gasteiger partial charge on any atom is 0.231 e. The van der Waals surface area contributed by atoms with Crippen molar-refractivity contribution in [1.29, 1.82) is 0 Å². The fourth-order valence-electron chi connectivity index (χ4n) is 2.69. The minimum atomic E-state index is 0.274.